The summed E-state index contributed by atoms with van der Waals surface area (Å²) in [6, 6.07) is 6.44. The van der Waals surface area contributed by atoms with E-state index in [2.05, 4.69) is 53.6 Å². The highest BCUT2D eigenvalue weighted by molar-refractivity contribution is 7.19. The molecule has 1 aromatic carbocycles. The lowest BCUT2D eigenvalue weighted by atomic mass is 9.89. The highest BCUT2D eigenvalue weighted by Gasteiger charge is 2.24. The summed E-state index contributed by atoms with van der Waals surface area (Å²) in [6.07, 6.45) is 5.43. The average Bonchev–Trinajstić information content (AvgIpc) is 3.17. The second kappa shape index (κ2) is 5.36. The summed E-state index contributed by atoms with van der Waals surface area (Å²) in [7, 11) is 0. The maximum atomic E-state index is 4.74. The molecular weight excluding hydrogens is 328 g/mol. The third-order valence-electron chi connectivity index (χ3n) is 5.47. The number of benzene rings is 1. The molecule has 0 amide bonds. The molecule has 126 valence electrons. The molecule has 0 saturated heterocycles. The molecular formula is C20H20N4S. The SMILES string of the molecule is Cc1ccc(-c2nnc3c4c5c(sc4ncn23)C[C@H](C)CC5)cc1C. The zero-order valence-corrected chi connectivity index (χ0v) is 15.5. The molecule has 0 spiro atoms. The lowest BCUT2D eigenvalue weighted by Crippen LogP contribution is -2.08. The van der Waals surface area contributed by atoms with E-state index in [0.29, 0.717) is 0 Å². The second-order valence-electron chi connectivity index (χ2n) is 7.29. The van der Waals surface area contributed by atoms with E-state index in [9.17, 15) is 0 Å². The molecule has 1 atom stereocenters. The van der Waals surface area contributed by atoms with E-state index < -0.39 is 0 Å². The summed E-state index contributed by atoms with van der Waals surface area (Å²) in [6.45, 7) is 6.60. The lowest BCUT2D eigenvalue weighted by Gasteiger charge is -2.17. The predicted octanol–water partition coefficient (Wildman–Crippen LogP) is 4.75. The number of nitrogens with zero attached hydrogens (tertiary/aromatic N) is 4. The first-order valence-corrected chi connectivity index (χ1v) is 9.65. The van der Waals surface area contributed by atoms with Gasteiger partial charge in [-0.1, -0.05) is 19.1 Å². The maximum absolute atomic E-state index is 4.74. The number of aryl methyl sites for hydroxylation is 3. The van der Waals surface area contributed by atoms with Crippen molar-refractivity contribution in [2.75, 3.05) is 0 Å². The monoisotopic (exact) mass is 348 g/mol. The summed E-state index contributed by atoms with van der Waals surface area (Å²) < 4.78 is 2.05. The quantitative estimate of drug-likeness (QED) is 0.499. The standard InChI is InChI=1S/C20H20N4S/c1-11-4-7-15-16(8-11)25-20-17(15)19-23-22-18(24(19)10-21-20)14-6-5-12(2)13(3)9-14/h5-6,9-11H,4,7-8H2,1-3H3/t11-/m1/s1. The Balaban J connectivity index is 1.76. The smallest absolute Gasteiger partial charge is 0.172 e. The van der Waals surface area contributed by atoms with Crippen LogP contribution in [0.3, 0.4) is 0 Å². The number of hydrogen-bond acceptors (Lipinski definition) is 4. The second-order valence-corrected chi connectivity index (χ2v) is 8.38. The average molecular weight is 348 g/mol. The third kappa shape index (κ3) is 2.22. The molecule has 5 heteroatoms. The fraction of sp³-hybridized carbons (Fsp3) is 0.350. The van der Waals surface area contributed by atoms with Crippen LogP contribution in [-0.4, -0.2) is 19.6 Å². The zero-order chi connectivity index (χ0) is 17.1. The Morgan fingerprint density at radius 1 is 1.16 bits per heavy atom. The Hall–Kier alpha value is -2.27. The zero-order valence-electron chi connectivity index (χ0n) is 14.7. The van der Waals surface area contributed by atoms with Crippen molar-refractivity contribution in [2.24, 2.45) is 5.92 Å². The molecule has 0 unspecified atom stereocenters. The van der Waals surface area contributed by atoms with Crippen LogP contribution in [0.5, 0.6) is 0 Å². The van der Waals surface area contributed by atoms with E-state index in [1.807, 2.05) is 17.7 Å². The van der Waals surface area contributed by atoms with Gasteiger partial charge in [-0.05, 0) is 61.8 Å². The van der Waals surface area contributed by atoms with E-state index in [1.54, 1.807) is 0 Å². The topological polar surface area (TPSA) is 43.1 Å². The van der Waals surface area contributed by atoms with Gasteiger partial charge in [0.2, 0.25) is 0 Å². The van der Waals surface area contributed by atoms with Crippen molar-refractivity contribution in [3.63, 3.8) is 0 Å². The maximum Gasteiger partial charge on any atom is 0.172 e. The number of fused-ring (bicyclic) bond motifs is 5. The molecule has 4 aromatic rings. The first-order chi connectivity index (χ1) is 12.1. The molecule has 5 rings (SSSR count). The van der Waals surface area contributed by atoms with Crippen molar-refractivity contribution in [3.05, 3.63) is 46.1 Å². The van der Waals surface area contributed by atoms with E-state index in [4.69, 9.17) is 4.98 Å². The normalized spacial score (nSPS) is 17.3. The number of aromatic nitrogens is 4. The third-order valence-corrected chi connectivity index (χ3v) is 6.63. The first kappa shape index (κ1) is 15.0. The van der Waals surface area contributed by atoms with Gasteiger partial charge in [0.1, 0.15) is 11.2 Å². The minimum Gasteiger partial charge on any atom is -0.265 e. The Kier molecular flexibility index (Phi) is 3.22. The van der Waals surface area contributed by atoms with Crippen LogP contribution in [0, 0.1) is 19.8 Å². The van der Waals surface area contributed by atoms with Crippen molar-refractivity contribution < 1.29 is 0 Å². The molecule has 4 nitrogen and oxygen atoms in total. The molecule has 0 bridgehead atoms. The Morgan fingerprint density at radius 2 is 2.04 bits per heavy atom. The van der Waals surface area contributed by atoms with Gasteiger partial charge in [-0.3, -0.25) is 4.40 Å². The van der Waals surface area contributed by atoms with Crippen LogP contribution in [0.4, 0.5) is 0 Å². The highest BCUT2D eigenvalue weighted by Crippen LogP contribution is 2.39. The van der Waals surface area contributed by atoms with Gasteiger partial charge in [-0.25, -0.2) is 4.98 Å². The van der Waals surface area contributed by atoms with Crippen molar-refractivity contribution >= 4 is 27.2 Å². The van der Waals surface area contributed by atoms with E-state index in [1.165, 1.54) is 39.8 Å². The number of rotatable bonds is 1. The molecule has 0 N–H and O–H groups in total. The van der Waals surface area contributed by atoms with Crippen molar-refractivity contribution in [1.82, 2.24) is 19.6 Å². The molecule has 3 heterocycles. The summed E-state index contributed by atoms with van der Waals surface area (Å²) in [4.78, 5) is 7.33. The van der Waals surface area contributed by atoms with Gasteiger partial charge in [0.25, 0.3) is 0 Å². The molecule has 0 aliphatic heterocycles. The first-order valence-electron chi connectivity index (χ1n) is 8.83. The van der Waals surface area contributed by atoms with Crippen molar-refractivity contribution in [3.8, 4) is 11.4 Å². The van der Waals surface area contributed by atoms with Crippen molar-refractivity contribution in [2.45, 2.75) is 40.0 Å². The molecule has 1 aliphatic rings. The van der Waals surface area contributed by atoms with E-state index >= 15 is 0 Å². The van der Waals surface area contributed by atoms with Gasteiger partial charge < -0.3 is 0 Å². The number of thiophene rings is 1. The molecule has 1 aliphatic carbocycles. The summed E-state index contributed by atoms with van der Waals surface area (Å²) in [5.74, 6) is 1.64. The van der Waals surface area contributed by atoms with E-state index in [0.717, 1.165) is 34.2 Å². The van der Waals surface area contributed by atoms with Crippen LogP contribution < -0.4 is 0 Å². The van der Waals surface area contributed by atoms with E-state index in [-0.39, 0.29) is 0 Å². The van der Waals surface area contributed by atoms with Crippen molar-refractivity contribution in [1.29, 1.82) is 0 Å². The fourth-order valence-corrected chi connectivity index (χ4v) is 5.16. The van der Waals surface area contributed by atoms with Crippen LogP contribution in [0.2, 0.25) is 0 Å². The van der Waals surface area contributed by atoms with Gasteiger partial charge >= 0.3 is 0 Å². The largest absolute Gasteiger partial charge is 0.265 e. The van der Waals surface area contributed by atoms with Crippen LogP contribution in [0.15, 0.2) is 24.5 Å². The fourth-order valence-electron chi connectivity index (χ4n) is 3.82. The highest BCUT2D eigenvalue weighted by atomic mass is 32.1. The van der Waals surface area contributed by atoms with Crippen LogP contribution in [-0.2, 0) is 12.8 Å². The van der Waals surface area contributed by atoms with Gasteiger partial charge in [0, 0.05) is 10.4 Å². The molecule has 0 radical (unpaired) electrons. The molecule has 25 heavy (non-hydrogen) atoms. The minimum atomic E-state index is 0.764. The molecule has 0 saturated carbocycles. The molecule has 0 fully saturated rings. The summed E-state index contributed by atoms with van der Waals surface area (Å²) in [5.41, 5.74) is 6.05. The predicted molar refractivity (Wildman–Crippen MR) is 102 cm³/mol. The Morgan fingerprint density at radius 3 is 2.88 bits per heavy atom. The van der Waals surface area contributed by atoms with Gasteiger partial charge in [-0.15, -0.1) is 21.5 Å². The minimum absolute atomic E-state index is 0.764. The molecule has 3 aromatic heterocycles. The van der Waals surface area contributed by atoms with Crippen LogP contribution in [0.25, 0.3) is 27.3 Å². The Bertz CT molecular complexity index is 1120. The van der Waals surface area contributed by atoms with Gasteiger partial charge in [-0.2, -0.15) is 0 Å². The van der Waals surface area contributed by atoms with Crippen LogP contribution >= 0.6 is 11.3 Å². The number of hydrogen-bond donors (Lipinski definition) is 0. The Labute approximate surface area is 150 Å². The summed E-state index contributed by atoms with van der Waals surface area (Å²) >= 11 is 1.84. The van der Waals surface area contributed by atoms with Gasteiger partial charge in [0.05, 0.1) is 5.39 Å². The van der Waals surface area contributed by atoms with Gasteiger partial charge in [0.15, 0.2) is 11.5 Å². The summed E-state index contributed by atoms with van der Waals surface area (Å²) in [5, 5.41) is 10.3. The van der Waals surface area contributed by atoms with Crippen LogP contribution in [0.1, 0.15) is 34.9 Å². The lowest BCUT2D eigenvalue weighted by molar-refractivity contribution is 0.509.